The first-order valence-electron chi connectivity index (χ1n) is 14.7. The zero-order valence-electron chi connectivity index (χ0n) is 23.5. The van der Waals surface area contributed by atoms with Gasteiger partial charge in [0.15, 0.2) is 5.78 Å². The van der Waals surface area contributed by atoms with Crippen LogP contribution in [0.1, 0.15) is 66.7 Å². The van der Waals surface area contributed by atoms with Crippen LogP contribution in [-0.4, -0.2) is 23.6 Å². The van der Waals surface area contributed by atoms with Gasteiger partial charge in [-0.2, -0.15) is 0 Å². The Morgan fingerprint density at radius 2 is 1.40 bits per heavy atom. The molecule has 1 atom stereocenters. The van der Waals surface area contributed by atoms with Crippen molar-refractivity contribution in [2.45, 2.75) is 37.6 Å². The summed E-state index contributed by atoms with van der Waals surface area (Å²) in [7, 11) is 0. The molecule has 2 aliphatic carbocycles. The van der Waals surface area contributed by atoms with Gasteiger partial charge in [-0.1, -0.05) is 72.8 Å². The van der Waals surface area contributed by atoms with E-state index in [4.69, 9.17) is 0 Å². The molecule has 212 valence electrons. The average Bonchev–Trinajstić information content (AvgIpc) is 3.79. The second kappa shape index (κ2) is 11.5. The lowest BCUT2D eigenvalue weighted by Crippen LogP contribution is -2.24. The molecule has 7 rings (SSSR count). The first-order chi connectivity index (χ1) is 21.0. The van der Waals surface area contributed by atoms with E-state index in [2.05, 4.69) is 16.7 Å². The highest BCUT2D eigenvalue weighted by Gasteiger charge is 2.31. The third kappa shape index (κ3) is 5.54. The van der Waals surface area contributed by atoms with Crippen molar-refractivity contribution in [2.75, 3.05) is 5.32 Å². The van der Waals surface area contributed by atoms with Gasteiger partial charge in [-0.3, -0.25) is 14.4 Å². The van der Waals surface area contributed by atoms with Crippen LogP contribution < -0.4 is 10.6 Å². The molecule has 1 saturated carbocycles. The van der Waals surface area contributed by atoms with Crippen LogP contribution in [0.5, 0.6) is 0 Å². The highest BCUT2D eigenvalue weighted by Crippen LogP contribution is 2.43. The fourth-order valence-corrected chi connectivity index (χ4v) is 7.00. The molecule has 0 saturated heterocycles. The molecule has 1 aromatic heterocycles. The van der Waals surface area contributed by atoms with Crippen LogP contribution in [0.25, 0.3) is 21.6 Å². The van der Waals surface area contributed by atoms with Gasteiger partial charge in [0.25, 0.3) is 11.8 Å². The number of carbonyl (C=O) groups excluding carboxylic acids is 3. The van der Waals surface area contributed by atoms with Crippen LogP contribution in [0.2, 0.25) is 0 Å². The normalized spacial score (nSPS) is 15.5. The zero-order chi connectivity index (χ0) is 29.3. The highest BCUT2D eigenvalue weighted by molar-refractivity contribution is 7.17. The third-order valence-electron chi connectivity index (χ3n) is 8.23. The number of ketones is 1. The van der Waals surface area contributed by atoms with Crippen molar-refractivity contribution < 1.29 is 14.4 Å². The SMILES string of the molecule is O=C(NC1CC1)c1cc2c(s1)-c1ccccc1C(C(=O)c1ccc(NC(=O)c3ccccc3-c3ccccc3)cc1)CC2. The molecule has 5 nitrogen and oxygen atoms in total. The molecule has 0 spiro atoms. The standard InChI is InChI=1S/C37H30N2O3S/c40-34(24-14-17-26(18-15-24)38-36(41)32-13-7-4-10-28(32)23-8-2-1-3-9-23)30-21-16-25-22-33(37(42)39-27-19-20-27)43-35(25)31-12-6-5-11-29(30)31/h1-15,17-18,22,27,30H,16,19-21H2,(H,38,41)(H,39,42). The number of hydrogen-bond acceptors (Lipinski definition) is 4. The lowest BCUT2D eigenvalue weighted by molar-refractivity contribution is 0.0946. The molecule has 1 heterocycles. The van der Waals surface area contributed by atoms with Gasteiger partial charge in [-0.15, -0.1) is 11.3 Å². The maximum Gasteiger partial charge on any atom is 0.261 e. The van der Waals surface area contributed by atoms with E-state index in [1.165, 1.54) is 11.3 Å². The Morgan fingerprint density at radius 3 is 2.16 bits per heavy atom. The maximum absolute atomic E-state index is 13.9. The summed E-state index contributed by atoms with van der Waals surface area (Å²) in [6.45, 7) is 0. The summed E-state index contributed by atoms with van der Waals surface area (Å²) in [6.07, 6.45) is 3.50. The van der Waals surface area contributed by atoms with Crippen LogP contribution >= 0.6 is 11.3 Å². The number of benzene rings is 4. The molecule has 2 amide bonds. The van der Waals surface area contributed by atoms with Gasteiger partial charge in [0.2, 0.25) is 0 Å². The number of thiophene rings is 1. The number of anilines is 1. The lowest BCUT2D eigenvalue weighted by atomic mass is 9.86. The second-order valence-electron chi connectivity index (χ2n) is 11.2. The molecule has 2 N–H and O–H groups in total. The molecular weight excluding hydrogens is 552 g/mol. The van der Waals surface area contributed by atoms with Gasteiger partial charge in [-0.05, 0) is 89.9 Å². The minimum absolute atomic E-state index is 0.00131. The number of aryl methyl sites for hydroxylation is 1. The van der Waals surface area contributed by atoms with Crippen molar-refractivity contribution in [3.8, 4) is 21.6 Å². The monoisotopic (exact) mass is 582 g/mol. The van der Waals surface area contributed by atoms with E-state index in [0.717, 1.165) is 56.8 Å². The number of fused-ring (bicyclic) bond motifs is 3. The van der Waals surface area contributed by atoms with Gasteiger partial charge in [-0.25, -0.2) is 0 Å². The Balaban J connectivity index is 1.10. The molecule has 1 unspecified atom stereocenters. The smallest absolute Gasteiger partial charge is 0.261 e. The van der Waals surface area contributed by atoms with Crippen molar-refractivity contribution in [3.05, 3.63) is 136 Å². The molecule has 5 aromatic rings. The fourth-order valence-electron chi connectivity index (χ4n) is 5.84. The predicted molar refractivity (Wildman–Crippen MR) is 172 cm³/mol. The second-order valence-corrected chi connectivity index (χ2v) is 12.3. The number of carbonyl (C=O) groups is 3. The van der Waals surface area contributed by atoms with E-state index in [1.807, 2.05) is 78.9 Å². The van der Waals surface area contributed by atoms with E-state index >= 15 is 0 Å². The quantitative estimate of drug-likeness (QED) is 0.190. The first-order valence-corrected chi connectivity index (χ1v) is 15.5. The van der Waals surface area contributed by atoms with Crippen molar-refractivity contribution in [2.24, 2.45) is 0 Å². The zero-order valence-corrected chi connectivity index (χ0v) is 24.3. The summed E-state index contributed by atoms with van der Waals surface area (Å²) in [5, 5.41) is 6.09. The molecular formula is C37H30N2O3S. The predicted octanol–water partition coefficient (Wildman–Crippen LogP) is 8.14. The third-order valence-corrected chi connectivity index (χ3v) is 9.44. The summed E-state index contributed by atoms with van der Waals surface area (Å²) in [6, 6.07) is 35.0. The molecule has 0 radical (unpaired) electrons. The van der Waals surface area contributed by atoms with Crippen molar-refractivity contribution in [3.63, 3.8) is 0 Å². The number of nitrogens with one attached hydrogen (secondary N) is 2. The van der Waals surface area contributed by atoms with E-state index in [0.29, 0.717) is 29.3 Å². The summed E-state index contributed by atoms with van der Waals surface area (Å²) in [5.41, 5.74) is 6.82. The summed E-state index contributed by atoms with van der Waals surface area (Å²) < 4.78 is 0. The summed E-state index contributed by atoms with van der Waals surface area (Å²) in [5.74, 6) is -0.437. The van der Waals surface area contributed by atoms with Gasteiger partial charge in [0.05, 0.1) is 4.88 Å². The molecule has 0 aliphatic heterocycles. The Bertz CT molecular complexity index is 1840. The molecule has 1 fully saturated rings. The number of rotatable bonds is 7. The minimum atomic E-state index is -0.294. The Hall–Kier alpha value is -4.81. The topological polar surface area (TPSA) is 75.3 Å². The van der Waals surface area contributed by atoms with Crippen molar-refractivity contribution >= 4 is 34.6 Å². The Kier molecular flexibility index (Phi) is 7.21. The highest BCUT2D eigenvalue weighted by atomic mass is 32.1. The molecule has 6 heteroatoms. The van der Waals surface area contributed by atoms with E-state index < -0.39 is 0 Å². The minimum Gasteiger partial charge on any atom is -0.349 e. The largest absolute Gasteiger partial charge is 0.349 e. The van der Waals surface area contributed by atoms with Gasteiger partial charge in [0.1, 0.15) is 0 Å². The van der Waals surface area contributed by atoms with Gasteiger partial charge < -0.3 is 10.6 Å². The number of amides is 2. The van der Waals surface area contributed by atoms with Crippen LogP contribution in [0.4, 0.5) is 5.69 Å². The van der Waals surface area contributed by atoms with E-state index in [9.17, 15) is 14.4 Å². The number of hydrogen-bond donors (Lipinski definition) is 2. The Labute approximate surface area is 254 Å². The van der Waals surface area contributed by atoms with Crippen molar-refractivity contribution in [1.82, 2.24) is 5.32 Å². The van der Waals surface area contributed by atoms with E-state index in [1.54, 1.807) is 24.3 Å². The molecule has 0 bridgehead atoms. The Morgan fingerprint density at radius 1 is 0.698 bits per heavy atom. The van der Waals surface area contributed by atoms with Crippen LogP contribution in [-0.2, 0) is 6.42 Å². The van der Waals surface area contributed by atoms with E-state index in [-0.39, 0.29) is 23.5 Å². The number of Topliss-reactive ketones (excluding diaryl/α,β-unsaturated/α-hetero) is 1. The molecule has 43 heavy (non-hydrogen) atoms. The van der Waals surface area contributed by atoms with Crippen LogP contribution in [0.15, 0.2) is 109 Å². The fraction of sp³-hybridized carbons (Fsp3) is 0.162. The lowest BCUT2D eigenvalue weighted by Gasteiger charge is -2.17. The molecule has 4 aromatic carbocycles. The maximum atomic E-state index is 13.9. The van der Waals surface area contributed by atoms with Gasteiger partial charge in [0, 0.05) is 33.7 Å². The van der Waals surface area contributed by atoms with Crippen LogP contribution in [0, 0.1) is 0 Å². The first kappa shape index (κ1) is 27.0. The van der Waals surface area contributed by atoms with Gasteiger partial charge >= 0.3 is 0 Å². The molecule has 2 aliphatic rings. The van der Waals surface area contributed by atoms with Crippen LogP contribution in [0.3, 0.4) is 0 Å². The summed E-state index contributed by atoms with van der Waals surface area (Å²) in [4.78, 5) is 41.7. The van der Waals surface area contributed by atoms with Crippen molar-refractivity contribution in [1.29, 1.82) is 0 Å². The average molecular weight is 583 g/mol. The summed E-state index contributed by atoms with van der Waals surface area (Å²) >= 11 is 1.52.